The van der Waals surface area contributed by atoms with E-state index < -0.39 is 0 Å². The summed E-state index contributed by atoms with van der Waals surface area (Å²) in [5.74, 6) is 0.363. The standard InChI is InChI=1S/C25H17BrClN3O2S/c1-15-20(27)7-4-8-21(15)29-25-30-24(31)23(33-25)12-18-11-19(26)9-10-22(18)32-14-17-6-3-2-5-16(17)13-28/h2-12H,14H2,1H3,(H,29,30,31)/b23-12+. The lowest BCUT2D eigenvalue weighted by Crippen LogP contribution is -2.19. The third-order valence-corrected chi connectivity index (χ3v) is 6.70. The molecule has 3 aromatic carbocycles. The molecule has 1 N–H and O–H groups in total. The Kier molecular flexibility index (Phi) is 7.19. The Morgan fingerprint density at radius 1 is 1.21 bits per heavy atom. The van der Waals surface area contributed by atoms with Gasteiger partial charge in [-0.1, -0.05) is 51.8 Å². The van der Waals surface area contributed by atoms with Crippen LogP contribution < -0.4 is 10.1 Å². The number of thioether (sulfide) groups is 1. The van der Waals surface area contributed by atoms with E-state index in [1.165, 1.54) is 11.8 Å². The van der Waals surface area contributed by atoms with Gasteiger partial charge in [0.2, 0.25) is 0 Å². The molecule has 0 bridgehead atoms. The summed E-state index contributed by atoms with van der Waals surface area (Å²) >= 11 is 10.9. The minimum absolute atomic E-state index is 0.237. The highest BCUT2D eigenvalue weighted by Crippen LogP contribution is 2.33. The lowest BCUT2D eigenvalue weighted by molar-refractivity contribution is -0.115. The Morgan fingerprint density at radius 2 is 2.03 bits per heavy atom. The number of hydrogen-bond donors (Lipinski definition) is 1. The number of aliphatic imine (C=N–C) groups is 1. The fraction of sp³-hybridized carbons (Fsp3) is 0.0800. The van der Waals surface area contributed by atoms with Gasteiger partial charge in [0.05, 0.1) is 22.2 Å². The van der Waals surface area contributed by atoms with Crippen molar-refractivity contribution in [1.82, 2.24) is 5.32 Å². The number of rotatable bonds is 5. The summed E-state index contributed by atoms with van der Waals surface area (Å²) in [4.78, 5) is 17.6. The van der Waals surface area contributed by atoms with Gasteiger partial charge in [-0.3, -0.25) is 4.79 Å². The summed E-state index contributed by atoms with van der Waals surface area (Å²) in [5, 5.41) is 13.2. The molecule has 164 valence electrons. The normalized spacial score (nSPS) is 15.5. The molecule has 33 heavy (non-hydrogen) atoms. The summed E-state index contributed by atoms with van der Waals surface area (Å²) < 4.78 is 6.87. The number of nitrogens with one attached hydrogen (secondary N) is 1. The van der Waals surface area contributed by atoms with Gasteiger partial charge in [-0.2, -0.15) is 5.26 Å². The molecule has 1 fully saturated rings. The van der Waals surface area contributed by atoms with Crippen molar-refractivity contribution in [3.8, 4) is 11.8 Å². The van der Waals surface area contributed by atoms with Crippen molar-refractivity contribution < 1.29 is 9.53 Å². The number of halogens is 2. The second-order valence-electron chi connectivity index (χ2n) is 7.11. The van der Waals surface area contributed by atoms with E-state index in [1.54, 1.807) is 18.2 Å². The zero-order chi connectivity index (χ0) is 23.4. The lowest BCUT2D eigenvalue weighted by Gasteiger charge is -2.11. The van der Waals surface area contributed by atoms with E-state index in [2.05, 4.69) is 32.3 Å². The second kappa shape index (κ2) is 10.3. The molecule has 1 aliphatic heterocycles. The minimum Gasteiger partial charge on any atom is -0.488 e. The summed E-state index contributed by atoms with van der Waals surface area (Å²) in [5.41, 5.74) is 3.64. The molecule has 3 aromatic rings. The minimum atomic E-state index is -0.237. The summed E-state index contributed by atoms with van der Waals surface area (Å²) in [6.45, 7) is 2.12. The maximum Gasteiger partial charge on any atom is 0.264 e. The van der Waals surface area contributed by atoms with Gasteiger partial charge in [0.15, 0.2) is 5.17 Å². The fourth-order valence-corrected chi connectivity index (χ4v) is 4.50. The molecule has 0 radical (unpaired) electrons. The van der Waals surface area contributed by atoms with Crippen LogP contribution >= 0.6 is 39.3 Å². The average Bonchev–Trinajstić information content (AvgIpc) is 3.15. The number of nitriles is 1. The number of hydrogen-bond acceptors (Lipinski definition) is 5. The van der Waals surface area contributed by atoms with E-state index in [0.717, 1.165) is 21.2 Å². The van der Waals surface area contributed by atoms with E-state index in [0.29, 0.717) is 32.1 Å². The Bertz CT molecular complexity index is 1350. The quantitative estimate of drug-likeness (QED) is 0.365. The third-order valence-electron chi connectivity index (χ3n) is 4.89. The highest BCUT2D eigenvalue weighted by atomic mass is 79.9. The SMILES string of the molecule is Cc1c(Cl)cccc1N=C1NC(=O)/C(=C\c2cc(Br)ccc2OCc2ccccc2C#N)S1. The van der Waals surface area contributed by atoms with Crippen LogP contribution in [0.2, 0.25) is 5.02 Å². The van der Waals surface area contributed by atoms with Gasteiger partial charge in [-0.15, -0.1) is 0 Å². The van der Waals surface area contributed by atoms with Gasteiger partial charge in [-0.25, -0.2) is 4.99 Å². The summed E-state index contributed by atoms with van der Waals surface area (Å²) in [6.07, 6.45) is 1.77. The smallest absolute Gasteiger partial charge is 0.264 e. The number of ether oxygens (including phenoxy) is 1. The van der Waals surface area contributed by atoms with Gasteiger partial charge in [0.1, 0.15) is 12.4 Å². The maximum absolute atomic E-state index is 12.6. The van der Waals surface area contributed by atoms with Crippen molar-refractivity contribution >= 4 is 62.1 Å². The number of carbonyl (C=O) groups is 1. The van der Waals surface area contributed by atoms with Gasteiger partial charge in [-0.05, 0) is 66.7 Å². The second-order valence-corrected chi connectivity index (χ2v) is 9.46. The number of amidine groups is 1. The van der Waals surface area contributed by atoms with Crippen molar-refractivity contribution in [2.75, 3.05) is 0 Å². The summed E-state index contributed by atoms with van der Waals surface area (Å²) in [7, 11) is 0. The molecule has 1 amide bonds. The van der Waals surface area contributed by atoms with Crippen molar-refractivity contribution in [2.45, 2.75) is 13.5 Å². The molecule has 1 heterocycles. The molecule has 4 rings (SSSR count). The van der Waals surface area contributed by atoms with Crippen LogP contribution in [0.1, 0.15) is 22.3 Å². The first-order valence-electron chi connectivity index (χ1n) is 9.89. The first-order chi connectivity index (χ1) is 15.9. The van der Waals surface area contributed by atoms with Gasteiger partial charge in [0.25, 0.3) is 5.91 Å². The van der Waals surface area contributed by atoms with E-state index in [1.807, 2.05) is 55.5 Å². The molecule has 0 unspecified atom stereocenters. The first kappa shape index (κ1) is 23.1. The topological polar surface area (TPSA) is 74.5 Å². The van der Waals surface area contributed by atoms with Crippen LogP contribution in [-0.4, -0.2) is 11.1 Å². The molecule has 0 aliphatic carbocycles. The zero-order valence-corrected chi connectivity index (χ0v) is 20.6. The van der Waals surface area contributed by atoms with Crippen LogP contribution in [0.4, 0.5) is 5.69 Å². The lowest BCUT2D eigenvalue weighted by atomic mass is 10.1. The average molecular weight is 539 g/mol. The third kappa shape index (κ3) is 5.48. The van der Waals surface area contributed by atoms with Gasteiger partial charge in [0, 0.05) is 20.6 Å². The molecule has 1 saturated heterocycles. The van der Waals surface area contributed by atoms with Crippen molar-refractivity contribution in [1.29, 1.82) is 5.26 Å². The Morgan fingerprint density at radius 3 is 2.85 bits per heavy atom. The highest BCUT2D eigenvalue weighted by molar-refractivity contribution is 9.10. The molecular weight excluding hydrogens is 522 g/mol. The molecule has 0 atom stereocenters. The molecule has 1 aliphatic rings. The zero-order valence-electron chi connectivity index (χ0n) is 17.4. The molecule has 5 nitrogen and oxygen atoms in total. The molecule has 0 aromatic heterocycles. The molecule has 0 saturated carbocycles. The Hall–Kier alpha value is -3.05. The Balaban J connectivity index is 1.59. The van der Waals surface area contributed by atoms with Crippen LogP contribution in [0, 0.1) is 18.3 Å². The van der Waals surface area contributed by atoms with Crippen molar-refractivity contribution in [3.63, 3.8) is 0 Å². The van der Waals surface area contributed by atoms with E-state index in [9.17, 15) is 10.1 Å². The summed E-state index contributed by atoms with van der Waals surface area (Å²) in [6, 6.07) is 20.5. The largest absolute Gasteiger partial charge is 0.488 e. The number of nitrogens with zero attached hydrogens (tertiary/aromatic N) is 2. The van der Waals surface area contributed by atoms with Crippen LogP contribution in [0.25, 0.3) is 6.08 Å². The van der Waals surface area contributed by atoms with Crippen LogP contribution in [0.3, 0.4) is 0 Å². The van der Waals surface area contributed by atoms with E-state index >= 15 is 0 Å². The molecular formula is C25H17BrClN3O2S. The fourth-order valence-electron chi connectivity index (χ4n) is 3.12. The van der Waals surface area contributed by atoms with Gasteiger partial charge < -0.3 is 10.1 Å². The first-order valence-corrected chi connectivity index (χ1v) is 11.9. The Labute approximate surface area is 209 Å². The monoisotopic (exact) mass is 537 g/mol. The van der Waals surface area contributed by atoms with E-state index in [4.69, 9.17) is 16.3 Å². The van der Waals surface area contributed by atoms with Gasteiger partial charge >= 0.3 is 0 Å². The van der Waals surface area contributed by atoms with Crippen LogP contribution in [-0.2, 0) is 11.4 Å². The number of amides is 1. The van der Waals surface area contributed by atoms with E-state index in [-0.39, 0.29) is 12.5 Å². The molecule has 0 spiro atoms. The number of carbonyl (C=O) groups excluding carboxylic acids is 1. The molecule has 8 heteroatoms. The predicted octanol–water partition coefficient (Wildman–Crippen LogP) is 6.75. The van der Waals surface area contributed by atoms with Crippen molar-refractivity contribution in [3.05, 3.63) is 97.3 Å². The number of benzene rings is 3. The highest BCUT2D eigenvalue weighted by Gasteiger charge is 2.24. The maximum atomic E-state index is 12.6. The van der Waals surface area contributed by atoms with Crippen LogP contribution in [0.5, 0.6) is 5.75 Å². The van der Waals surface area contributed by atoms with Crippen LogP contribution in [0.15, 0.2) is 75.0 Å². The van der Waals surface area contributed by atoms with Crippen molar-refractivity contribution in [2.24, 2.45) is 4.99 Å². The predicted molar refractivity (Wildman–Crippen MR) is 137 cm³/mol.